The van der Waals surface area contributed by atoms with Gasteiger partial charge in [-0.05, 0) is 159 Å². The summed E-state index contributed by atoms with van der Waals surface area (Å²) in [6.07, 6.45) is 7.40. The maximum Gasteiger partial charge on any atom is 0.330 e. The predicted molar refractivity (Wildman–Crippen MR) is 284 cm³/mol. The summed E-state index contributed by atoms with van der Waals surface area (Å²) in [5.74, 6) is 0. The summed E-state index contributed by atoms with van der Waals surface area (Å²) in [7, 11) is 0. The van der Waals surface area contributed by atoms with Gasteiger partial charge in [0.15, 0.2) is 0 Å². The number of anilines is 4. The lowest BCUT2D eigenvalue weighted by molar-refractivity contribution is 0.199. The van der Waals surface area contributed by atoms with Crippen LogP contribution in [0.4, 0.5) is 22.7 Å². The number of hydrogen-bond donors (Lipinski definition) is 0. The lowest BCUT2D eigenvalue weighted by Gasteiger charge is -2.55. The van der Waals surface area contributed by atoms with E-state index >= 15 is 0 Å². The number of rotatable bonds is 2. The van der Waals surface area contributed by atoms with Crippen molar-refractivity contribution in [1.82, 2.24) is 0 Å². The topological polar surface area (TPSA) is 6.48 Å². The number of hydrogen-bond acceptors (Lipinski definition) is 3. The number of fused-ring (bicyclic) bond motifs is 12. The van der Waals surface area contributed by atoms with E-state index in [2.05, 4.69) is 208 Å². The maximum atomic E-state index is 3.04. The van der Waals surface area contributed by atoms with Gasteiger partial charge >= 0.3 is 6.85 Å². The third kappa shape index (κ3) is 5.59. The first-order valence-corrected chi connectivity index (χ1v) is 25.6. The van der Waals surface area contributed by atoms with E-state index in [0.29, 0.717) is 0 Å². The Bertz CT molecular complexity index is 3190. The van der Waals surface area contributed by atoms with E-state index in [-0.39, 0.29) is 39.5 Å². The fourth-order valence-corrected chi connectivity index (χ4v) is 14.9. The van der Waals surface area contributed by atoms with Crippen LogP contribution in [0.5, 0.6) is 0 Å². The van der Waals surface area contributed by atoms with Gasteiger partial charge < -0.3 is 9.71 Å². The number of nitrogens with zero attached hydrogens (tertiary/aromatic N) is 2. The molecule has 0 amide bonds. The summed E-state index contributed by atoms with van der Waals surface area (Å²) in [5, 5.41) is 2.85. The highest BCUT2D eigenvalue weighted by Crippen LogP contribution is 2.64. The van der Waals surface area contributed by atoms with Crippen molar-refractivity contribution in [1.29, 1.82) is 0 Å². The Hall–Kier alpha value is -4.80. The van der Waals surface area contributed by atoms with Gasteiger partial charge in [0.05, 0.1) is 5.69 Å². The molecule has 1 fully saturated rings. The number of benzene rings is 6. The van der Waals surface area contributed by atoms with Gasteiger partial charge in [-0.15, -0.1) is 11.3 Å². The highest BCUT2D eigenvalue weighted by molar-refractivity contribution is 7.27. The minimum atomic E-state index is -0.0572. The Morgan fingerprint density at radius 2 is 1.22 bits per heavy atom. The Labute approximate surface area is 393 Å². The number of thiophene rings is 1. The van der Waals surface area contributed by atoms with Crippen molar-refractivity contribution in [3.05, 3.63) is 130 Å². The Balaban J connectivity index is 1.24. The molecule has 2 nitrogen and oxygen atoms in total. The molecular formula is C61H67BN2S. The first-order valence-electron chi connectivity index (χ1n) is 24.8. The van der Waals surface area contributed by atoms with Crippen molar-refractivity contribution >= 4 is 72.0 Å². The van der Waals surface area contributed by atoms with E-state index < -0.39 is 0 Å². The highest BCUT2D eigenvalue weighted by Gasteiger charge is 2.63. The van der Waals surface area contributed by atoms with Gasteiger partial charge in [-0.3, -0.25) is 0 Å². The SMILES string of the molecule is Cc1cc2c3c(c1)N(c1ccc(C(C)(C)C)cc1-c1ccccc1)c1ccc4c(sc5cc6c(cc54)C(C)(C)CCC6(C)C)c1B3N1c3c-2cc(C(C)(C)C)cc3C2(C)CCCCC12C. The lowest BCUT2D eigenvalue weighted by Crippen LogP contribution is -2.70. The van der Waals surface area contributed by atoms with Gasteiger partial charge in [0.25, 0.3) is 0 Å². The highest BCUT2D eigenvalue weighted by atomic mass is 32.1. The summed E-state index contributed by atoms with van der Waals surface area (Å²) < 4.78 is 2.89. The maximum absolute atomic E-state index is 3.04. The van der Waals surface area contributed by atoms with Crippen LogP contribution in [-0.4, -0.2) is 12.4 Å². The molecule has 1 saturated carbocycles. The molecule has 2 aliphatic carbocycles. The fourth-order valence-electron chi connectivity index (χ4n) is 13.6. The van der Waals surface area contributed by atoms with Gasteiger partial charge in [0.2, 0.25) is 0 Å². The molecule has 12 rings (SSSR count). The quantitative estimate of drug-likeness (QED) is 0.160. The van der Waals surface area contributed by atoms with Crippen LogP contribution in [0, 0.1) is 6.92 Å². The zero-order chi connectivity index (χ0) is 45.5. The molecule has 1 aromatic heterocycles. The van der Waals surface area contributed by atoms with Crippen LogP contribution < -0.4 is 20.6 Å². The molecule has 330 valence electrons. The monoisotopic (exact) mass is 871 g/mol. The van der Waals surface area contributed by atoms with Gasteiger partial charge in [-0.1, -0.05) is 144 Å². The summed E-state index contributed by atoms with van der Waals surface area (Å²) >= 11 is 2.07. The predicted octanol–water partition coefficient (Wildman–Crippen LogP) is 16.0. The second-order valence-electron chi connectivity index (χ2n) is 24.8. The summed E-state index contributed by atoms with van der Waals surface area (Å²) in [6.45, 7) is 31.9. The Morgan fingerprint density at radius 1 is 0.554 bits per heavy atom. The molecule has 0 bridgehead atoms. The minimum absolute atomic E-state index is 0.00498. The molecule has 0 N–H and O–H groups in total. The molecule has 3 aliphatic heterocycles. The van der Waals surface area contributed by atoms with Crippen molar-refractivity contribution in [2.24, 2.45) is 0 Å². The van der Waals surface area contributed by atoms with Gasteiger partial charge in [0.1, 0.15) is 0 Å². The average molecular weight is 871 g/mol. The molecule has 0 spiro atoms. The molecule has 2 unspecified atom stereocenters. The van der Waals surface area contributed by atoms with E-state index in [0.717, 1.165) is 0 Å². The van der Waals surface area contributed by atoms with Crippen LogP contribution in [0.3, 0.4) is 0 Å². The first kappa shape index (κ1) is 41.6. The van der Waals surface area contributed by atoms with Crippen molar-refractivity contribution in [2.45, 2.75) is 161 Å². The molecule has 65 heavy (non-hydrogen) atoms. The normalized spacial score (nSPS) is 22.4. The third-order valence-corrected chi connectivity index (χ3v) is 19.0. The van der Waals surface area contributed by atoms with Crippen molar-refractivity contribution in [2.75, 3.05) is 9.71 Å². The van der Waals surface area contributed by atoms with Crippen LogP contribution in [0.2, 0.25) is 0 Å². The molecule has 7 aromatic rings. The van der Waals surface area contributed by atoms with E-state index in [1.165, 1.54) is 131 Å². The molecule has 4 heterocycles. The van der Waals surface area contributed by atoms with E-state index in [4.69, 9.17) is 0 Å². The molecule has 0 saturated heterocycles. The number of aryl methyl sites for hydroxylation is 1. The van der Waals surface area contributed by atoms with E-state index in [1.807, 2.05) is 0 Å². The van der Waals surface area contributed by atoms with E-state index in [1.54, 1.807) is 16.7 Å². The molecule has 6 aromatic carbocycles. The van der Waals surface area contributed by atoms with Crippen LogP contribution in [0.15, 0.2) is 97.1 Å². The van der Waals surface area contributed by atoms with Crippen molar-refractivity contribution in [3.8, 4) is 22.3 Å². The molecule has 0 radical (unpaired) electrons. The van der Waals surface area contributed by atoms with Crippen LogP contribution >= 0.6 is 11.3 Å². The first-order chi connectivity index (χ1) is 30.6. The zero-order valence-corrected chi connectivity index (χ0v) is 42.2. The molecule has 2 atom stereocenters. The third-order valence-electron chi connectivity index (χ3n) is 17.8. The second-order valence-corrected chi connectivity index (χ2v) is 25.9. The molecule has 4 heteroatoms. The molecule has 5 aliphatic rings. The van der Waals surface area contributed by atoms with Crippen LogP contribution in [0.1, 0.15) is 155 Å². The Kier molecular flexibility index (Phi) is 8.46. The van der Waals surface area contributed by atoms with Gasteiger partial charge in [-0.2, -0.15) is 0 Å². The van der Waals surface area contributed by atoms with Crippen molar-refractivity contribution in [3.63, 3.8) is 0 Å². The zero-order valence-electron chi connectivity index (χ0n) is 41.4. The van der Waals surface area contributed by atoms with Gasteiger partial charge in [0, 0.05) is 59.3 Å². The van der Waals surface area contributed by atoms with Crippen LogP contribution in [0.25, 0.3) is 42.4 Å². The summed E-state index contributed by atoms with van der Waals surface area (Å²) in [4.78, 5) is 5.76. The summed E-state index contributed by atoms with van der Waals surface area (Å²) in [6, 6.07) is 39.2. The fraction of sp³-hybridized carbons (Fsp3) is 0.410. The van der Waals surface area contributed by atoms with Crippen LogP contribution in [-0.2, 0) is 27.1 Å². The Morgan fingerprint density at radius 3 is 1.92 bits per heavy atom. The molecular weight excluding hydrogens is 804 g/mol. The van der Waals surface area contributed by atoms with E-state index in [9.17, 15) is 0 Å². The second kappa shape index (κ2) is 13.2. The smallest absolute Gasteiger partial charge is 0.330 e. The van der Waals surface area contributed by atoms with Gasteiger partial charge in [-0.25, -0.2) is 0 Å². The summed E-state index contributed by atoms with van der Waals surface area (Å²) in [5.41, 5.74) is 22.9. The lowest BCUT2D eigenvalue weighted by atomic mass is 9.42. The average Bonchev–Trinajstić information content (AvgIpc) is 3.72. The van der Waals surface area contributed by atoms with Crippen molar-refractivity contribution < 1.29 is 0 Å². The standard InChI is InChI=1S/C61H67BN2S/c1-36-29-43-44-32-39(57(5,6)7)33-47-54(44)64(61(13)26-18-17-25-60(47,61)12)62-52(43)50(30-36)63(48-23-21-38(56(2,3)4)31-41(48)37-19-15-14-16-20-37)49-24-22-40-42-34-45-46(35-51(42)65-55(40)53(49)62)59(10,11)28-27-58(45,8)9/h14-16,19-24,29-35H,17-18,25-28H2,1-13H3. The largest absolute Gasteiger partial charge is 0.400 e. The minimum Gasteiger partial charge on any atom is -0.400 e.